The summed E-state index contributed by atoms with van der Waals surface area (Å²) in [5.74, 6) is 0.372. The van der Waals surface area contributed by atoms with Gasteiger partial charge in [0.25, 0.3) is 5.91 Å². The number of hydrogen-bond acceptors (Lipinski definition) is 4. The van der Waals surface area contributed by atoms with Crippen LogP contribution in [0.4, 0.5) is 0 Å². The molecule has 4 rings (SSSR count). The number of ketones is 1. The molecule has 30 heavy (non-hydrogen) atoms. The van der Waals surface area contributed by atoms with E-state index in [-0.39, 0.29) is 11.7 Å². The highest BCUT2D eigenvalue weighted by atomic mass is 32.1. The summed E-state index contributed by atoms with van der Waals surface area (Å²) in [6.07, 6.45) is 0. The summed E-state index contributed by atoms with van der Waals surface area (Å²) in [5.41, 5.74) is 2.57. The molecule has 1 heterocycles. The molecule has 0 saturated heterocycles. The van der Waals surface area contributed by atoms with Gasteiger partial charge in [0.05, 0.1) is 16.8 Å². The van der Waals surface area contributed by atoms with Crippen molar-refractivity contribution in [1.29, 1.82) is 0 Å². The van der Waals surface area contributed by atoms with Crippen LogP contribution in [-0.4, -0.2) is 22.9 Å². The fourth-order valence-corrected chi connectivity index (χ4v) is 4.19. The van der Waals surface area contributed by atoms with Gasteiger partial charge in [-0.1, -0.05) is 53.8 Å². The molecule has 0 aliphatic heterocycles. The number of hydrogen-bond donors (Lipinski definition) is 0. The molecule has 0 N–H and O–H groups in total. The number of carbonyl (C=O) groups excluding carboxylic acids is 2. The third-order valence-corrected chi connectivity index (χ3v) is 5.81. The highest BCUT2D eigenvalue weighted by molar-refractivity contribution is 7.16. The SMILES string of the molecule is CCOc1ccc2c(c1)sc(=NC(=O)c1ccc(C(=O)c3ccccc3)cc1)n2C. The van der Waals surface area contributed by atoms with Crippen molar-refractivity contribution in [3.05, 3.63) is 94.3 Å². The number of aromatic nitrogens is 1. The molecule has 0 spiro atoms. The average Bonchev–Trinajstić information content (AvgIpc) is 3.08. The Morgan fingerprint density at radius 3 is 2.30 bits per heavy atom. The zero-order valence-electron chi connectivity index (χ0n) is 16.7. The highest BCUT2D eigenvalue weighted by Gasteiger charge is 2.11. The standard InChI is InChI=1S/C24H20N2O3S/c1-3-29-19-13-14-20-21(15-19)30-24(26(20)2)25-23(28)18-11-9-17(10-12-18)22(27)16-7-5-4-6-8-16/h4-15H,3H2,1-2H3. The molecule has 0 aliphatic rings. The van der Waals surface area contributed by atoms with Gasteiger partial charge in [-0.05, 0) is 37.3 Å². The largest absolute Gasteiger partial charge is 0.494 e. The van der Waals surface area contributed by atoms with Gasteiger partial charge in [-0.25, -0.2) is 0 Å². The van der Waals surface area contributed by atoms with Crippen LogP contribution in [0.2, 0.25) is 0 Å². The molecule has 0 saturated carbocycles. The maximum atomic E-state index is 12.7. The molecule has 0 radical (unpaired) electrons. The van der Waals surface area contributed by atoms with Gasteiger partial charge in [-0.2, -0.15) is 4.99 Å². The molecule has 0 aliphatic carbocycles. The van der Waals surface area contributed by atoms with E-state index in [0.717, 1.165) is 16.0 Å². The van der Waals surface area contributed by atoms with Gasteiger partial charge in [-0.15, -0.1) is 0 Å². The second kappa shape index (κ2) is 8.47. The van der Waals surface area contributed by atoms with E-state index < -0.39 is 0 Å². The van der Waals surface area contributed by atoms with Crippen molar-refractivity contribution < 1.29 is 14.3 Å². The Bertz CT molecular complexity index is 1290. The first-order valence-electron chi connectivity index (χ1n) is 9.58. The molecule has 0 atom stereocenters. The molecule has 3 aromatic carbocycles. The van der Waals surface area contributed by atoms with Crippen LogP contribution >= 0.6 is 11.3 Å². The lowest BCUT2D eigenvalue weighted by atomic mass is 10.0. The van der Waals surface area contributed by atoms with Crippen molar-refractivity contribution in [2.45, 2.75) is 6.92 Å². The molecule has 1 amide bonds. The molecule has 150 valence electrons. The van der Waals surface area contributed by atoms with Crippen LogP contribution in [0.1, 0.15) is 33.2 Å². The fraction of sp³-hybridized carbons (Fsp3) is 0.125. The average molecular weight is 417 g/mol. The van der Waals surface area contributed by atoms with Crippen molar-refractivity contribution in [3.63, 3.8) is 0 Å². The summed E-state index contributed by atoms with van der Waals surface area (Å²) in [7, 11) is 1.88. The van der Waals surface area contributed by atoms with Crippen LogP contribution < -0.4 is 9.54 Å². The Labute approximate surface area is 177 Å². The lowest BCUT2D eigenvalue weighted by Gasteiger charge is -2.02. The van der Waals surface area contributed by atoms with Gasteiger partial charge >= 0.3 is 0 Å². The number of thiazole rings is 1. The molecule has 0 unspecified atom stereocenters. The first-order valence-corrected chi connectivity index (χ1v) is 10.4. The van der Waals surface area contributed by atoms with Gasteiger partial charge in [0.15, 0.2) is 10.6 Å². The highest BCUT2D eigenvalue weighted by Crippen LogP contribution is 2.23. The van der Waals surface area contributed by atoms with Crippen molar-refractivity contribution in [2.24, 2.45) is 12.0 Å². The van der Waals surface area contributed by atoms with E-state index in [4.69, 9.17) is 4.74 Å². The summed E-state index contributed by atoms with van der Waals surface area (Å²) in [6, 6.07) is 21.5. The number of amides is 1. The van der Waals surface area contributed by atoms with E-state index >= 15 is 0 Å². The lowest BCUT2D eigenvalue weighted by molar-refractivity contribution is 0.0994. The number of ether oxygens (including phenoxy) is 1. The summed E-state index contributed by atoms with van der Waals surface area (Å²) < 4.78 is 8.44. The predicted molar refractivity (Wildman–Crippen MR) is 118 cm³/mol. The van der Waals surface area contributed by atoms with Crippen LogP contribution in [0, 0.1) is 0 Å². The first kappa shape index (κ1) is 19.8. The molecule has 6 heteroatoms. The smallest absolute Gasteiger partial charge is 0.279 e. The number of rotatable bonds is 5. The van der Waals surface area contributed by atoms with Crippen LogP contribution in [0.5, 0.6) is 5.75 Å². The molecule has 0 fully saturated rings. The van der Waals surface area contributed by atoms with Crippen LogP contribution in [0.25, 0.3) is 10.2 Å². The lowest BCUT2D eigenvalue weighted by Crippen LogP contribution is -2.13. The zero-order valence-corrected chi connectivity index (χ0v) is 17.5. The summed E-state index contributed by atoms with van der Waals surface area (Å²) in [6.45, 7) is 2.54. The number of aryl methyl sites for hydroxylation is 1. The van der Waals surface area contributed by atoms with Crippen LogP contribution in [0.3, 0.4) is 0 Å². The molecular weight excluding hydrogens is 396 g/mol. The first-order chi connectivity index (χ1) is 14.6. The maximum absolute atomic E-state index is 12.7. The van der Waals surface area contributed by atoms with Crippen molar-refractivity contribution in [1.82, 2.24) is 4.57 Å². The second-order valence-electron chi connectivity index (χ2n) is 6.70. The van der Waals surface area contributed by atoms with Crippen LogP contribution in [-0.2, 0) is 7.05 Å². The van der Waals surface area contributed by atoms with Crippen molar-refractivity contribution >= 4 is 33.2 Å². The molecule has 4 aromatic rings. The molecular formula is C24H20N2O3S. The summed E-state index contributed by atoms with van der Waals surface area (Å²) in [5, 5.41) is 0. The Morgan fingerprint density at radius 2 is 1.60 bits per heavy atom. The van der Waals surface area contributed by atoms with E-state index in [0.29, 0.717) is 28.1 Å². The quantitative estimate of drug-likeness (QED) is 0.446. The maximum Gasteiger partial charge on any atom is 0.279 e. The number of fused-ring (bicyclic) bond motifs is 1. The van der Waals surface area contributed by atoms with E-state index in [1.807, 2.05) is 54.9 Å². The van der Waals surface area contributed by atoms with E-state index in [2.05, 4.69) is 4.99 Å². The van der Waals surface area contributed by atoms with Gasteiger partial charge in [0.2, 0.25) is 0 Å². The second-order valence-corrected chi connectivity index (χ2v) is 7.70. The van der Waals surface area contributed by atoms with E-state index in [9.17, 15) is 9.59 Å². The molecule has 0 bridgehead atoms. The van der Waals surface area contributed by atoms with E-state index in [1.54, 1.807) is 36.4 Å². The number of carbonyl (C=O) groups is 2. The topological polar surface area (TPSA) is 60.7 Å². The third-order valence-electron chi connectivity index (χ3n) is 4.72. The Morgan fingerprint density at radius 1 is 0.933 bits per heavy atom. The van der Waals surface area contributed by atoms with Gasteiger partial charge < -0.3 is 9.30 Å². The van der Waals surface area contributed by atoms with Gasteiger partial charge in [0.1, 0.15) is 5.75 Å². The minimum absolute atomic E-state index is 0.0763. The monoisotopic (exact) mass is 416 g/mol. The van der Waals surface area contributed by atoms with Crippen LogP contribution in [0.15, 0.2) is 77.8 Å². The third kappa shape index (κ3) is 3.95. The summed E-state index contributed by atoms with van der Waals surface area (Å²) in [4.78, 5) is 30.1. The normalized spacial score (nSPS) is 11.6. The molecule has 5 nitrogen and oxygen atoms in total. The van der Waals surface area contributed by atoms with Crippen molar-refractivity contribution in [2.75, 3.05) is 6.61 Å². The predicted octanol–water partition coefficient (Wildman–Crippen LogP) is 4.61. The van der Waals surface area contributed by atoms with Gasteiger partial charge in [0, 0.05) is 23.7 Å². The van der Waals surface area contributed by atoms with Crippen molar-refractivity contribution in [3.8, 4) is 5.75 Å². The van der Waals surface area contributed by atoms with E-state index in [1.165, 1.54) is 11.3 Å². The number of benzene rings is 3. The molecule has 1 aromatic heterocycles. The van der Waals surface area contributed by atoms with Gasteiger partial charge in [-0.3, -0.25) is 9.59 Å². The number of nitrogens with zero attached hydrogens (tertiary/aromatic N) is 2. The Kier molecular flexibility index (Phi) is 5.59. The minimum Gasteiger partial charge on any atom is -0.494 e. The Balaban J connectivity index is 1.61. The zero-order chi connectivity index (χ0) is 21.1. The fourth-order valence-electron chi connectivity index (χ4n) is 3.15. The summed E-state index contributed by atoms with van der Waals surface area (Å²) >= 11 is 1.43. The Hall–Kier alpha value is -3.51. The minimum atomic E-state index is -0.346.